The first-order chi connectivity index (χ1) is 14.6. The van der Waals surface area contributed by atoms with Gasteiger partial charge in [-0.2, -0.15) is 0 Å². The Balaban J connectivity index is 1.52. The Bertz CT molecular complexity index is 986. The lowest BCUT2D eigenvalue weighted by Crippen LogP contribution is -2.35. The Kier molecular flexibility index (Phi) is 6.17. The molecule has 2 atom stereocenters. The fraction of sp³-hybridized carbons (Fsp3) is 0.360. The summed E-state index contributed by atoms with van der Waals surface area (Å²) in [5.41, 5.74) is 7.37. The molecule has 5 nitrogen and oxygen atoms in total. The van der Waals surface area contributed by atoms with Gasteiger partial charge in [0.2, 0.25) is 5.91 Å². The van der Waals surface area contributed by atoms with Gasteiger partial charge in [0.25, 0.3) is 0 Å². The number of rotatable bonds is 7. The molecule has 0 spiro atoms. The molecule has 1 saturated heterocycles. The number of anilines is 1. The van der Waals surface area contributed by atoms with Crippen LogP contribution in [-0.2, 0) is 4.79 Å². The molecular weight excluding hydrogens is 372 g/mol. The van der Waals surface area contributed by atoms with Gasteiger partial charge in [-0.1, -0.05) is 30.3 Å². The average molecular weight is 403 g/mol. The van der Waals surface area contributed by atoms with Crippen LogP contribution in [0.25, 0.3) is 0 Å². The third-order valence-electron chi connectivity index (χ3n) is 6.26. The van der Waals surface area contributed by atoms with E-state index in [1.165, 1.54) is 22.3 Å². The number of hydrogen-bond donors (Lipinski definition) is 3. The van der Waals surface area contributed by atoms with Crippen LogP contribution in [0.5, 0.6) is 0 Å². The van der Waals surface area contributed by atoms with Crippen LogP contribution in [0.2, 0.25) is 0 Å². The van der Waals surface area contributed by atoms with Crippen molar-refractivity contribution < 1.29 is 4.79 Å². The van der Waals surface area contributed by atoms with Crippen molar-refractivity contribution in [2.24, 2.45) is 5.92 Å². The Morgan fingerprint density at radius 3 is 2.83 bits per heavy atom. The highest BCUT2D eigenvalue weighted by Gasteiger charge is 2.21. The number of hydrogen-bond acceptors (Lipinski definition) is 3. The zero-order valence-electron chi connectivity index (χ0n) is 17.7. The number of nitrogens with zero attached hydrogens (tertiary/aromatic N) is 1. The molecule has 0 aliphatic carbocycles. The number of aryl methyl sites for hydroxylation is 1. The molecule has 3 aromatic rings. The lowest BCUT2D eigenvalue weighted by molar-refractivity contribution is -0.122. The molecule has 156 valence electrons. The number of aromatic amines is 1. The van der Waals surface area contributed by atoms with E-state index in [1.807, 2.05) is 6.20 Å². The van der Waals surface area contributed by atoms with Gasteiger partial charge in [-0.3, -0.25) is 4.79 Å². The fourth-order valence-electron chi connectivity index (χ4n) is 4.32. The first-order valence-corrected chi connectivity index (χ1v) is 10.8. The molecule has 1 aliphatic rings. The van der Waals surface area contributed by atoms with E-state index in [0.717, 1.165) is 37.3 Å². The van der Waals surface area contributed by atoms with E-state index in [4.69, 9.17) is 0 Å². The lowest BCUT2D eigenvalue weighted by atomic mass is 9.85. The quantitative estimate of drug-likeness (QED) is 0.544. The van der Waals surface area contributed by atoms with Crippen molar-refractivity contribution in [3.63, 3.8) is 0 Å². The number of aromatic nitrogens is 2. The largest absolute Gasteiger partial charge is 0.385 e. The highest BCUT2D eigenvalue weighted by Crippen LogP contribution is 2.34. The van der Waals surface area contributed by atoms with Crippen molar-refractivity contribution in [3.05, 3.63) is 82.9 Å². The van der Waals surface area contributed by atoms with E-state index in [-0.39, 0.29) is 11.8 Å². The second-order valence-electron chi connectivity index (χ2n) is 8.28. The molecule has 4 rings (SSSR count). The first kappa shape index (κ1) is 20.2. The second-order valence-corrected chi connectivity index (χ2v) is 8.28. The highest BCUT2D eigenvalue weighted by atomic mass is 16.1. The predicted octanol–water partition coefficient (Wildman–Crippen LogP) is 4.53. The van der Waals surface area contributed by atoms with Crippen LogP contribution in [0.3, 0.4) is 0 Å². The van der Waals surface area contributed by atoms with E-state index in [1.54, 1.807) is 6.33 Å². The maximum Gasteiger partial charge on any atom is 0.220 e. The lowest BCUT2D eigenvalue weighted by Gasteiger charge is -2.23. The molecule has 1 aliphatic heterocycles. The van der Waals surface area contributed by atoms with Gasteiger partial charge < -0.3 is 15.6 Å². The maximum atomic E-state index is 11.3. The molecule has 2 aromatic carbocycles. The zero-order chi connectivity index (χ0) is 20.9. The minimum Gasteiger partial charge on any atom is -0.385 e. The number of carbonyl (C=O) groups excluding carboxylic acids is 1. The maximum absolute atomic E-state index is 11.3. The highest BCUT2D eigenvalue weighted by molar-refractivity contribution is 5.76. The van der Waals surface area contributed by atoms with Gasteiger partial charge in [-0.05, 0) is 67.0 Å². The molecule has 5 heteroatoms. The van der Waals surface area contributed by atoms with Gasteiger partial charge in [0.1, 0.15) is 0 Å². The minimum atomic E-state index is 0.114. The summed E-state index contributed by atoms with van der Waals surface area (Å²) < 4.78 is 0. The van der Waals surface area contributed by atoms with Crippen LogP contribution >= 0.6 is 0 Å². The van der Waals surface area contributed by atoms with Gasteiger partial charge >= 0.3 is 0 Å². The van der Waals surface area contributed by atoms with Crippen molar-refractivity contribution in [1.82, 2.24) is 15.3 Å². The van der Waals surface area contributed by atoms with Crippen LogP contribution in [0, 0.1) is 19.8 Å². The first-order valence-electron chi connectivity index (χ1n) is 10.8. The number of piperidine rings is 1. The van der Waals surface area contributed by atoms with Crippen LogP contribution in [0.15, 0.2) is 55.0 Å². The summed E-state index contributed by atoms with van der Waals surface area (Å²) in [6.07, 6.45) is 6.37. The molecule has 1 amide bonds. The number of H-pyrrole nitrogens is 1. The number of carbonyl (C=O) groups is 1. The van der Waals surface area contributed by atoms with Crippen LogP contribution in [0.1, 0.15) is 53.1 Å². The molecular formula is C25H30N4O. The van der Waals surface area contributed by atoms with E-state index >= 15 is 0 Å². The summed E-state index contributed by atoms with van der Waals surface area (Å²) in [5, 5.41) is 6.55. The summed E-state index contributed by atoms with van der Waals surface area (Å²) >= 11 is 0. The van der Waals surface area contributed by atoms with E-state index in [0.29, 0.717) is 12.3 Å². The molecule has 1 aromatic heterocycles. The number of benzene rings is 2. The Morgan fingerprint density at radius 2 is 2.07 bits per heavy atom. The van der Waals surface area contributed by atoms with Crippen molar-refractivity contribution in [2.75, 3.05) is 18.4 Å². The number of imidazole rings is 1. The van der Waals surface area contributed by atoms with Gasteiger partial charge in [0.05, 0.1) is 12.2 Å². The molecule has 2 unspecified atom stereocenters. The van der Waals surface area contributed by atoms with E-state index < -0.39 is 0 Å². The van der Waals surface area contributed by atoms with Crippen LogP contribution in [-0.4, -0.2) is 29.0 Å². The summed E-state index contributed by atoms with van der Waals surface area (Å²) in [6, 6.07) is 15.2. The Labute approximate surface area is 178 Å². The van der Waals surface area contributed by atoms with Crippen LogP contribution < -0.4 is 10.6 Å². The third-order valence-corrected chi connectivity index (χ3v) is 6.26. The standard InChI is InChI=1S/C25H30N4O/c1-17-5-3-8-22(18(17)2)25(23-15-26-16-29-23)20-6-4-7-21(13-20)27-12-11-19-9-10-24(30)28-14-19/h3-8,13,15-16,19,25,27H,9-12,14H2,1-2H3,(H,26,29)(H,28,30). The van der Waals surface area contributed by atoms with E-state index in [2.05, 4.69) is 76.9 Å². The van der Waals surface area contributed by atoms with Crippen molar-refractivity contribution in [3.8, 4) is 0 Å². The SMILES string of the molecule is Cc1cccc(C(c2cccc(NCCC3CCC(=O)NC3)c2)c2cnc[nH]2)c1C. The van der Waals surface area contributed by atoms with Crippen LogP contribution in [0.4, 0.5) is 5.69 Å². The third kappa shape index (κ3) is 4.56. The van der Waals surface area contributed by atoms with Gasteiger partial charge in [0.15, 0.2) is 0 Å². The summed E-state index contributed by atoms with van der Waals surface area (Å²) in [5.74, 6) is 0.858. The second kappa shape index (κ2) is 9.16. The topological polar surface area (TPSA) is 69.8 Å². The molecule has 1 fully saturated rings. The van der Waals surface area contributed by atoms with Crippen molar-refractivity contribution >= 4 is 11.6 Å². The average Bonchev–Trinajstić information content (AvgIpc) is 3.28. The Hall–Kier alpha value is -3.08. The number of nitrogens with one attached hydrogen (secondary N) is 3. The van der Waals surface area contributed by atoms with Gasteiger partial charge in [-0.15, -0.1) is 0 Å². The van der Waals surface area contributed by atoms with Crippen molar-refractivity contribution in [2.45, 2.75) is 39.0 Å². The smallest absolute Gasteiger partial charge is 0.220 e. The minimum absolute atomic E-state index is 0.114. The monoisotopic (exact) mass is 402 g/mol. The molecule has 2 heterocycles. The molecule has 3 N–H and O–H groups in total. The molecule has 0 bridgehead atoms. The van der Waals surface area contributed by atoms with Crippen molar-refractivity contribution in [1.29, 1.82) is 0 Å². The summed E-state index contributed by atoms with van der Waals surface area (Å²) in [6.45, 7) is 6.06. The zero-order valence-corrected chi connectivity index (χ0v) is 17.7. The molecule has 30 heavy (non-hydrogen) atoms. The summed E-state index contributed by atoms with van der Waals surface area (Å²) in [4.78, 5) is 18.9. The van der Waals surface area contributed by atoms with Gasteiger partial charge in [-0.25, -0.2) is 4.98 Å². The normalized spacial score (nSPS) is 17.4. The fourth-order valence-corrected chi connectivity index (χ4v) is 4.32. The Morgan fingerprint density at radius 1 is 1.20 bits per heavy atom. The number of amides is 1. The van der Waals surface area contributed by atoms with E-state index in [9.17, 15) is 4.79 Å². The molecule has 0 radical (unpaired) electrons. The van der Waals surface area contributed by atoms with Gasteiger partial charge in [0, 0.05) is 37.1 Å². The molecule has 0 saturated carbocycles. The summed E-state index contributed by atoms with van der Waals surface area (Å²) in [7, 11) is 0. The predicted molar refractivity (Wildman–Crippen MR) is 121 cm³/mol.